The molecule has 0 unspecified atom stereocenters. The number of aliphatic hydroxyl groups is 1. The van der Waals surface area contributed by atoms with Gasteiger partial charge in [-0.15, -0.1) is 0 Å². The molecule has 1 aromatic carbocycles. The third-order valence-corrected chi connectivity index (χ3v) is 3.33. The monoisotopic (exact) mass is 230 g/mol. The summed E-state index contributed by atoms with van der Waals surface area (Å²) >= 11 is 0. The van der Waals surface area contributed by atoms with Crippen LogP contribution < -0.4 is 0 Å². The highest BCUT2D eigenvalue weighted by atomic mass is 16.3. The summed E-state index contributed by atoms with van der Waals surface area (Å²) in [5.74, 6) is 0.833. The molecule has 90 valence electrons. The van der Waals surface area contributed by atoms with Crippen LogP contribution in [0.25, 0.3) is 11.3 Å². The standard InChI is InChI=1S/C14H18N2O/c1-9-4-5-12(11(3)10(9)2)13-8-15-14(16-13)6-7-17/h4-5,8,17H,6-7H2,1-3H3,(H,15,16). The second-order valence-corrected chi connectivity index (χ2v) is 4.40. The average molecular weight is 230 g/mol. The van der Waals surface area contributed by atoms with E-state index in [2.05, 4.69) is 42.9 Å². The van der Waals surface area contributed by atoms with Crippen LogP contribution >= 0.6 is 0 Å². The summed E-state index contributed by atoms with van der Waals surface area (Å²) in [6, 6.07) is 4.25. The molecule has 1 aromatic heterocycles. The highest BCUT2D eigenvalue weighted by Gasteiger charge is 2.08. The number of nitrogens with one attached hydrogen (secondary N) is 1. The third kappa shape index (κ3) is 2.24. The van der Waals surface area contributed by atoms with Crippen molar-refractivity contribution in [3.8, 4) is 11.3 Å². The Morgan fingerprint density at radius 3 is 2.65 bits per heavy atom. The lowest BCUT2D eigenvalue weighted by Crippen LogP contribution is -1.93. The van der Waals surface area contributed by atoms with Gasteiger partial charge in [0.05, 0.1) is 18.5 Å². The molecule has 0 aliphatic carbocycles. The number of benzene rings is 1. The molecule has 0 saturated carbocycles. The van der Waals surface area contributed by atoms with E-state index in [1.807, 2.05) is 6.20 Å². The van der Waals surface area contributed by atoms with Gasteiger partial charge in [-0.05, 0) is 37.5 Å². The molecule has 1 heterocycles. The molecule has 0 aliphatic heterocycles. The van der Waals surface area contributed by atoms with Gasteiger partial charge in [0.1, 0.15) is 5.82 Å². The second kappa shape index (κ2) is 4.72. The van der Waals surface area contributed by atoms with E-state index >= 15 is 0 Å². The van der Waals surface area contributed by atoms with Crippen molar-refractivity contribution < 1.29 is 5.11 Å². The fourth-order valence-electron chi connectivity index (χ4n) is 1.98. The zero-order chi connectivity index (χ0) is 12.4. The number of aromatic nitrogens is 2. The lowest BCUT2D eigenvalue weighted by Gasteiger charge is -2.09. The molecule has 0 saturated heterocycles. The highest BCUT2D eigenvalue weighted by Crippen LogP contribution is 2.25. The van der Waals surface area contributed by atoms with Crippen molar-refractivity contribution in [2.45, 2.75) is 27.2 Å². The lowest BCUT2D eigenvalue weighted by molar-refractivity contribution is 0.297. The van der Waals surface area contributed by atoms with Gasteiger partial charge in [0, 0.05) is 12.0 Å². The van der Waals surface area contributed by atoms with Crippen molar-refractivity contribution in [2.24, 2.45) is 0 Å². The second-order valence-electron chi connectivity index (χ2n) is 4.40. The first kappa shape index (κ1) is 11.9. The molecule has 0 atom stereocenters. The summed E-state index contributed by atoms with van der Waals surface area (Å²) in [5.41, 5.74) is 6.12. The van der Waals surface area contributed by atoms with Gasteiger partial charge in [0.15, 0.2) is 0 Å². The predicted molar refractivity (Wildman–Crippen MR) is 69.0 cm³/mol. The molecule has 0 spiro atoms. The Hall–Kier alpha value is -1.61. The molecule has 0 radical (unpaired) electrons. The Labute approximate surface area is 102 Å². The molecule has 3 heteroatoms. The van der Waals surface area contributed by atoms with Crippen molar-refractivity contribution in [3.05, 3.63) is 40.8 Å². The normalized spacial score (nSPS) is 10.8. The van der Waals surface area contributed by atoms with E-state index in [1.165, 1.54) is 22.3 Å². The Kier molecular flexibility index (Phi) is 3.29. The Balaban J connectivity index is 2.42. The fourth-order valence-corrected chi connectivity index (χ4v) is 1.98. The third-order valence-electron chi connectivity index (χ3n) is 3.33. The number of imidazole rings is 1. The number of hydrogen-bond acceptors (Lipinski definition) is 2. The van der Waals surface area contributed by atoms with Crippen molar-refractivity contribution in [1.82, 2.24) is 9.97 Å². The number of aryl methyl sites for hydroxylation is 1. The average Bonchev–Trinajstić information content (AvgIpc) is 2.75. The molecule has 0 fully saturated rings. The minimum Gasteiger partial charge on any atom is -0.396 e. The van der Waals surface area contributed by atoms with Crippen LogP contribution in [0, 0.1) is 20.8 Å². The molecular formula is C14H18N2O. The van der Waals surface area contributed by atoms with Crippen LogP contribution in [-0.2, 0) is 6.42 Å². The first-order chi connectivity index (χ1) is 8.13. The topological polar surface area (TPSA) is 48.9 Å². The van der Waals surface area contributed by atoms with Gasteiger partial charge in [-0.2, -0.15) is 0 Å². The fraction of sp³-hybridized carbons (Fsp3) is 0.357. The largest absolute Gasteiger partial charge is 0.396 e. The number of nitrogens with zero attached hydrogens (tertiary/aromatic N) is 1. The van der Waals surface area contributed by atoms with Crippen LogP contribution in [0.2, 0.25) is 0 Å². The Morgan fingerprint density at radius 2 is 1.94 bits per heavy atom. The van der Waals surface area contributed by atoms with Gasteiger partial charge in [0.25, 0.3) is 0 Å². The van der Waals surface area contributed by atoms with Crippen LogP contribution in [0.1, 0.15) is 22.5 Å². The van der Waals surface area contributed by atoms with Crippen LogP contribution in [0.15, 0.2) is 18.3 Å². The number of hydrogen-bond donors (Lipinski definition) is 2. The minimum atomic E-state index is 0.124. The van der Waals surface area contributed by atoms with Gasteiger partial charge < -0.3 is 10.1 Å². The van der Waals surface area contributed by atoms with Crippen LogP contribution in [0.4, 0.5) is 0 Å². The van der Waals surface area contributed by atoms with Crippen molar-refractivity contribution >= 4 is 0 Å². The molecule has 2 aromatic rings. The quantitative estimate of drug-likeness (QED) is 0.851. The molecule has 0 bridgehead atoms. The summed E-state index contributed by atoms with van der Waals surface area (Å²) in [6.07, 6.45) is 2.41. The van der Waals surface area contributed by atoms with E-state index in [9.17, 15) is 0 Å². The van der Waals surface area contributed by atoms with Crippen LogP contribution in [0.3, 0.4) is 0 Å². The van der Waals surface area contributed by atoms with Gasteiger partial charge in [0.2, 0.25) is 0 Å². The molecule has 2 N–H and O–H groups in total. The molecular weight excluding hydrogens is 212 g/mol. The Bertz CT molecular complexity index is 529. The zero-order valence-corrected chi connectivity index (χ0v) is 10.5. The number of rotatable bonds is 3. The highest BCUT2D eigenvalue weighted by molar-refractivity contribution is 5.65. The maximum atomic E-state index is 8.87. The van der Waals surface area contributed by atoms with E-state index in [4.69, 9.17) is 5.11 Å². The van der Waals surface area contributed by atoms with Crippen LogP contribution in [-0.4, -0.2) is 21.7 Å². The number of aromatic amines is 1. The maximum absolute atomic E-state index is 8.87. The van der Waals surface area contributed by atoms with E-state index in [0.717, 1.165) is 11.5 Å². The SMILES string of the molecule is Cc1ccc(-c2cnc(CCO)[nH]2)c(C)c1C. The van der Waals surface area contributed by atoms with Gasteiger partial charge in [-0.1, -0.05) is 12.1 Å². The predicted octanol–water partition coefficient (Wildman–Crippen LogP) is 2.54. The molecule has 3 nitrogen and oxygen atoms in total. The summed E-state index contributed by atoms with van der Waals surface area (Å²) < 4.78 is 0. The summed E-state index contributed by atoms with van der Waals surface area (Å²) in [6.45, 7) is 6.51. The smallest absolute Gasteiger partial charge is 0.108 e. The molecule has 17 heavy (non-hydrogen) atoms. The molecule has 0 amide bonds. The lowest BCUT2D eigenvalue weighted by atomic mass is 9.97. The summed E-state index contributed by atoms with van der Waals surface area (Å²) in [5, 5.41) is 8.87. The maximum Gasteiger partial charge on any atom is 0.108 e. The van der Waals surface area contributed by atoms with Crippen molar-refractivity contribution in [3.63, 3.8) is 0 Å². The van der Waals surface area contributed by atoms with E-state index in [-0.39, 0.29) is 6.61 Å². The van der Waals surface area contributed by atoms with E-state index in [1.54, 1.807) is 0 Å². The number of H-pyrrole nitrogens is 1. The first-order valence-corrected chi connectivity index (χ1v) is 5.85. The van der Waals surface area contributed by atoms with Gasteiger partial charge >= 0.3 is 0 Å². The van der Waals surface area contributed by atoms with E-state index in [0.29, 0.717) is 6.42 Å². The van der Waals surface area contributed by atoms with Gasteiger partial charge in [-0.3, -0.25) is 0 Å². The van der Waals surface area contributed by atoms with Crippen LogP contribution in [0.5, 0.6) is 0 Å². The zero-order valence-electron chi connectivity index (χ0n) is 10.5. The first-order valence-electron chi connectivity index (χ1n) is 5.85. The van der Waals surface area contributed by atoms with E-state index < -0.39 is 0 Å². The number of aliphatic hydroxyl groups excluding tert-OH is 1. The molecule has 2 rings (SSSR count). The minimum absolute atomic E-state index is 0.124. The Morgan fingerprint density at radius 1 is 1.18 bits per heavy atom. The summed E-state index contributed by atoms with van der Waals surface area (Å²) in [7, 11) is 0. The van der Waals surface area contributed by atoms with Crippen molar-refractivity contribution in [1.29, 1.82) is 0 Å². The molecule has 0 aliphatic rings. The van der Waals surface area contributed by atoms with Crippen molar-refractivity contribution in [2.75, 3.05) is 6.61 Å². The summed E-state index contributed by atoms with van der Waals surface area (Å²) in [4.78, 5) is 7.51. The van der Waals surface area contributed by atoms with Gasteiger partial charge in [-0.25, -0.2) is 4.98 Å².